The monoisotopic (exact) mass is 559 g/mol. The number of piperazine rings is 1. The number of carboxylic acids is 1. The molecule has 1 heterocycles. The fourth-order valence-corrected chi connectivity index (χ4v) is 3.41. The number of aliphatic carboxylic acids is 1. The van der Waals surface area contributed by atoms with E-state index in [1.807, 2.05) is 41.3 Å². The highest BCUT2D eigenvalue weighted by molar-refractivity contribution is 9.10. The van der Waals surface area contributed by atoms with Gasteiger partial charge in [0.25, 0.3) is 5.91 Å². The highest BCUT2D eigenvalue weighted by Gasteiger charge is 2.38. The molecule has 0 atom stereocenters. The van der Waals surface area contributed by atoms with Gasteiger partial charge in [-0.05, 0) is 42.0 Å². The van der Waals surface area contributed by atoms with E-state index in [0.717, 1.165) is 28.9 Å². The van der Waals surface area contributed by atoms with E-state index in [2.05, 4.69) is 21.2 Å². The smallest absolute Gasteiger partial charge is 0.490 e. The molecule has 0 saturated carbocycles. The van der Waals surface area contributed by atoms with Gasteiger partial charge in [0.05, 0.1) is 7.11 Å². The average Bonchev–Trinajstić information content (AvgIpc) is 2.84. The third-order valence-corrected chi connectivity index (χ3v) is 5.45. The molecule has 1 fully saturated rings. The number of carbonyl (C=O) groups excluding carboxylic acids is 2. The first-order chi connectivity index (χ1) is 16.5. The van der Waals surface area contributed by atoms with Crippen LogP contribution in [-0.2, 0) is 16.1 Å². The van der Waals surface area contributed by atoms with E-state index in [0.29, 0.717) is 25.2 Å². The summed E-state index contributed by atoms with van der Waals surface area (Å²) >= 11 is 3.39. The van der Waals surface area contributed by atoms with Crippen LogP contribution in [0.3, 0.4) is 0 Å². The van der Waals surface area contributed by atoms with Crippen molar-refractivity contribution in [3.63, 3.8) is 0 Å². The number of alkyl halides is 3. The lowest BCUT2D eigenvalue weighted by Gasteiger charge is -2.30. The van der Waals surface area contributed by atoms with Crippen LogP contribution < -0.4 is 10.1 Å². The lowest BCUT2D eigenvalue weighted by molar-refractivity contribution is -0.192. The van der Waals surface area contributed by atoms with Crippen LogP contribution in [0.4, 0.5) is 13.2 Å². The number of hydrogen-bond acceptors (Lipinski definition) is 5. The molecule has 35 heavy (non-hydrogen) atoms. The number of halogens is 4. The minimum Gasteiger partial charge on any atom is -0.497 e. The summed E-state index contributed by atoms with van der Waals surface area (Å²) in [6, 6.07) is 14.7. The molecule has 1 aliphatic heterocycles. The van der Waals surface area contributed by atoms with Gasteiger partial charge < -0.3 is 25.0 Å². The van der Waals surface area contributed by atoms with Gasteiger partial charge in [-0.3, -0.25) is 9.59 Å². The van der Waals surface area contributed by atoms with E-state index in [-0.39, 0.29) is 18.4 Å². The Morgan fingerprint density at radius 2 is 1.71 bits per heavy atom. The van der Waals surface area contributed by atoms with Crippen LogP contribution in [-0.4, -0.2) is 78.7 Å². The minimum absolute atomic E-state index is 0.0325. The number of amides is 2. The fraction of sp³-hybridized carbons (Fsp3) is 0.348. The van der Waals surface area contributed by atoms with Crippen LogP contribution in [0.25, 0.3) is 0 Å². The second-order valence-corrected chi connectivity index (χ2v) is 8.37. The van der Waals surface area contributed by atoms with Gasteiger partial charge in [0.1, 0.15) is 12.3 Å². The zero-order chi connectivity index (χ0) is 26.0. The van der Waals surface area contributed by atoms with Crippen molar-refractivity contribution in [2.24, 2.45) is 0 Å². The second-order valence-electron chi connectivity index (χ2n) is 7.45. The Bertz CT molecular complexity index is 1010. The first-order valence-corrected chi connectivity index (χ1v) is 11.3. The highest BCUT2D eigenvalue weighted by Crippen LogP contribution is 2.18. The van der Waals surface area contributed by atoms with Crippen LogP contribution in [0.1, 0.15) is 15.9 Å². The maximum atomic E-state index is 13.1. The molecule has 12 heteroatoms. The van der Waals surface area contributed by atoms with Gasteiger partial charge in [0.2, 0.25) is 5.91 Å². The Labute approximate surface area is 208 Å². The molecule has 190 valence electrons. The predicted molar refractivity (Wildman–Crippen MR) is 125 cm³/mol. The number of hydrogen-bond donors (Lipinski definition) is 2. The van der Waals surface area contributed by atoms with E-state index < -0.39 is 12.1 Å². The Morgan fingerprint density at radius 1 is 1.11 bits per heavy atom. The van der Waals surface area contributed by atoms with Gasteiger partial charge in [-0.2, -0.15) is 13.2 Å². The average molecular weight is 560 g/mol. The molecule has 8 nitrogen and oxygen atoms in total. The molecule has 2 aromatic carbocycles. The number of methoxy groups -OCH3 is 1. The summed E-state index contributed by atoms with van der Waals surface area (Å²) in [6.45, 7) is 3.28. The Balaban J connectivity index is 0.000000540. The van der Waals surface area contributed by atoms with E-state index in [1.165, 1.54) is 0 Å². The van der Waals surface area contributed by atoms with Gasteiger partial charge >= 0.3 is 12.1 Å². The molecule has 2 aromatic rings. The van der Waals surface area contributed by atoms with Crippen molar-refractivity contribution in [2.75, 3.05) is 39.8 Å². The first-order valence-electron chi connectivity index (χ1n) is 10.5. The largest absolute Gasteiger partial charge is 0.497 e. The lowest BCUT2D eigenvalue weighted by atomic mass is 10.1. The van der Waals surface area contributed by atoms with E-state index in [1.54, 1.807) is 24.1 Å². The molecule has 0 bridgehead atoms. The van der Waals surface area contributed by atoms with E-state index >= 15 is 0 Å². The summed E-state index contributed by atoms with van der Waals surface area (Å²) in [5, 5.41) is 10.4. The van der Waals surface area contributed by atoms with Gasteiger partial charge in [0.15, 0.2) is 0 Å². The van der Waals surface area contributed by atoms with Crippen LogP contribution in [0, 0.1) is 0 Å². The number of carbonyl (C=O) groups is 3. The van der Waals surface area contributed by atoms with Crippen molar-refractivity contribution in [2.45, 2.75) is 12.7 Å². The summed E-state index contributed by atoms with van der Waals surface area (Å²) in [4.78, 5) is 38.2. The van der Waals surface area contributed by atoms with Gasteiger partial charge in [-0.1, -0.05) is 28.1 Å². The molecule has 2 N–H and O–H groups in total. The number of ether oxygens (including phenoxy) is 1. The Morgan fingerprint density at radius 3 is 2.26 bits per heavy atom. The molecule has 2 amide bonds. The molecule has 0 unspecified atom stereocenters. The quantitative estimate of drug-likeness (QED) is 0.564. The number of nitrogens with one attached hydrogen (secondary N) is 1. The summed E-state index contributed by atoms with van der Waals surface area (Å²) < 4.78 is 37.9. The predicted octanol–water partition coefficient (Wildman–Crippen LogP) is 3.17. The van der Waals surface area contributed by atoms with E-state index in [9.17, 15) is 22.8 Å². The van der Waals surface area contributed by atoms with Crippen LogP contribution in [0.5, 0.6) is 5.75 Å². The zero-order valence-corrected chi connectivity index (χ0v) is 20.4. The van der Waals surface area contributed by atoms with Crippen molar-refractivity contribution >= 4 is 33.7 Å². The van der Waals surface area contributed by atoms with Crippen molar-refractivity contribution in [3.8, 4) is 5.75 Å². The van der Waals surface area contributed by atoms with Crippen LogP contribution in [0.2, 0.25) is 0 Å². The maximum absolute atomic E-state index is 13.1. The summed E-state index contributed by atoms with van der Waals surface area (Å²) in [7, 11) is 1.61. The molecule has 0 spiro atoms. The third-order valence-electron chi connectivity index (χ3n) is 4.92. The summed E-state index contributed by atoms with van der Waals surface area (Å²) in [5.74, 6) is -2.23. The lowest BCUT2D eigenvalue weighted by Crippen LogP contribution is -2.50. The number of carboxylic acid groups (broad SMARTS) is 1. The Kier molecular flexibility index (Phi) is 10.5. The number of rotatable bonds is 6. The highest BCUT2D eigenvalue weighted by atomic mass is 79.9. The maximum Gasteiger partial charge on any atom is 0.490 e. The van der Waals surface area contributed by atoms with Gasteiger partial charge in [0, 0.05) is 42.8 Å². The van der Waals surface area contributed by atoms with Crippen molar-refractivity contribution < 1.29 is 37.4 Å². The topological polar surface area (TPSA) is 99.2 Å². The molecule has 0 radical (unpaired) electrons. The molecular formula is C23H25BrF3N3O5. The minimum atomic E-state index is -5.08. The van der Waals surface area contributed by atoms with Crippen LogP contribution >= 0.6 is 15.9 Å². The van der Waals surface area contributed by atoms with E-state index in [4.69, 9.17) is 14.6 Å². The standard InChI is InChI=1S/C21H24BrN3O3.C2HF3O2/c1-28-19-4-2-3-16(13-19)14-25(15-20(26)24-11-9-23-10-12-24)21(27)17-5-7-18(22)8-6-17;3-2(4,5)1(6)7/h2-8,13,23H,9-12,14-15H2,1H3;(H,6,7). The summed E-state index contributed by atoms with van der Waals surface area (Å²) in [6.07, 6.45) is -5.08. The normalized spacial score (nSPS) is 13.3. The van der Waals surface area contributed by atoms with Gasteiger partial charge in [-0.25, -0.2) is 4.79 Å². The SMILES string of the molecule is COc1cccc(CN(CC(=O)N2CCNCC2)C(=O)c2ccc(Br)cc2)c1.O=C(O)C(F)(F)F. The van der Waals surface area contributed by atoms with Crippen molar-refractivity contribution in [1.82, 2.24) is 15.1 Å². The van der Waals surface area contributed by atoms with Crippen molar-refractivity contribution in [3.05, 3.63) is 64.1 Å². The fourth-order valence-electron chi connectivity index (χ4n) is 3.14. The first kappa shape index (κ1) is 28.1. The molecule has 0 aliphatic carbocycles. The second kappa shape index (κ2) is 13.1. The zero-order valence-electron chi connectivity index (χ0n) is 18.8. The molecule has 1 aliphatic rings. The molecule has 3 rings (SSSR count). The molecular weight excluding hydrogens is 535 g/mol. The van der Waals surface area contributed by atoms with Crippen LogP contribution in [0.15, 0.2) is 53.0 Å². The summed E-state index contributed by atoms with van der Waals surface area (Å²) in [5.41, 5.74) is 1.47. The number of nitrogens with zero attached hydrogens (tertiary/aromatic N) is 2. The van der Waals surface area contributed by atoms with Crippen molar-refractivity contribution in [1.29, 1.82) is 0 Å². The molecule has 0 aromatic heterocycles. The van der Waals surface area contributed by atoms with Gasteiger partial charge in [-0.15, -0.1) is 0 Å². The molecule has 1 saturated heterocycles. The Hall–Kier alpha value is -3.12. The third kappa shape index (κ3) is 9.21. The number of benzene rings is 2.